The number of rotatable bonds is 8. The van der Waals surface area contributed by atoms with Crippen molar-refractivity contribution in [2.45, 2.75) is 39.7 Å². The number of benzene rings is 1. The average molecular weight is 294 g/mol. The highest BCUT2D eigenvalue weighted by molar-refractivity contribution is 5.84. The van der Waals surface area contributed by atoms with Crippen LogP contribution in [0.4, 0.5) is 0 Å². The van der Waals surface area contributed by atoms with Gasteiger partial charge >= 0.3 is 0 Å². The molecule has 1 aromatic rings. The Morgan fingerprint density at radius 3 is 2.52 bits per heavy atom. The second-order valence-corrected chi connectivity index (χ2v) is 5.03. The normalized spacial score (nSPS) is 12.0. The molecule has 0 saturated carbocycles. The van der Waals surface area contributed by atoms with E-state index in [1.54, 1.807) is 6.07 Å². The van der Waals surface area contributed by atoms with Crippen LogP contribution in [0.1, 0.15) is 43.9 Å². The quantitative estimate of drug-likeness (QED) is 0.688. The van der Waals surface area contributed by atoms with E-state index in [0.717, 1.165) is 18.4 Å². The molecule has 0 aliphatic heterocycles. The Kier molecular flexibility index (Phi) is 7.02. The Morgan fingerprint density at radius 1 is 1.29 bits per heavy atom. The highest BCUT2D eigenvalue weighted by Crippen LogP contribution is 2.36. The van der Waals surface area contributed by atoms with Crippen molar-refractivity contribution in [3.63, 3.8) is 0 Å². The van der Waals surface area contributed by atoms with Crippen molar-refractivity contribution in [3.05, 3.63) is 23.3 Å². The Bertz CT molecular complexity index is 475. The van der Waals surface area contributed by atoms with Crippen molar-refractivity contribution in [1.82, 2.24) is 10.6 Å². The molecule has 1 atom stereocenters. The molecule has 1 rings (SSSR count). The summed E-state index contributed by atoms with van der Waals surface area (Å²) in [7, 11) is 1.51. The number of hydrogen-bond acceptors (Lipinski definition) is 4. The fraction of sp³-hybridized carbons (Fsp3) is 0.562. The zero-order chi connectivity index (χ0) is 15.8. The van der Waals surface area contributed by atoms with Gasteiger partial charge in [0.05, 0.1) is 7.11 Å². The van der Waals surface area contributed by atoms with Crippen LogP contribution in [0.5, 0.6) is 11.5 Å². The first-order valence-corrected chi connectivity index (χ1v) is 7.44. The minimum absolute atomic E-state index is 0.0257. The van der Waals surface area contributed by atoms with Crippen LogP contribution in [0.3, 0.4) is 0 Å². The van der Waals surface area contributed by atoms with Gasteiger partial charge in [0.15, 0.2) is 11.5 Å². The van der Waals surface area contributed by atoms with Gasteiger partial charge in [-0.05, 0) is 31.9 Å². The van der Waals surface area contributed by atoms with Gasteiger partial charge in [-0.15, -0.1) is 0 Å². The van der Waals surface area contributed by atoms with E-state index in [2.05, 4.69) is 10.6 Å². The van der Waals surface area contributed by atoms with Gasteiger partial charge in [-0.3, -0.25) is 4.79 Å². The molecule has 0 fully saturated rings. The Hall–Kier alpha value is -1.75. The summed E-state index contributed by atoms with van der Waals surface area (Å²) in [6.45, 7) is 7.20. The third-order valence-electron chi connectivity index (χ3n) is 3.28. The molecule has 1 aromatic carbocycles. The molecule has 0 saturated heterocycles. The zero-order valence-corrected chi connectivity index (χ0v) is 13.3. The highest BCUT2D eigenvalue weighted by Gasteiger charge is 2.24. The number of amides is 1. The van der Waals surface area contributed by atoms with Crippen molar-refractivity contribution < 1.29 is 14.6 Å². The number of carbonyl (C=O) groups excluding carboxylic acids is 1. The zero-order valence-electron chi connectivity index (χ0n) is 13.3. The maximum Gasteiger partial charge on any atom is 0.241 e. The molecule has 0 radical (unpaired) electrons. The van der Waals surface area contributed by atoms with E-state index < -0.39 is 6.04 Å². The molecule has 3 N–H and O–H groups in total. The lowest BCUT2D eigenvalue weighted by atomic mass is 10.0. The second kappa shape index (κ2) is 8.52. The van der Waals surface area contributed by atoms with Crippen molar-refractivity contribution in [2.75, 3.05) is 20.2 Å². The lowest BCUT2D eigenvalue weighted by molar-refractivity contribution is -0.123. The van der Waals surface area contributed by atoms with E-state index in [4.69, 9.17) is 4.74 Å². The van der Waals surface area contributed by atoms with Crippen molar-refractivity contribution in [2.24, 2.45) is 0 Å². The number of hydrogen-bond donors (Lipinski definition) is 3. The van der Waals surface area contributed by atoms with Crippen LogP contribution in [-0.2, 0) is 4.79 Å². The van der Waals surface area contributed by atoms with Gasteiger partial charge in [0, 0.05) is 12.1 Å². The summed E-state index contributed by atoms with van der Waals surface area (Å²) in [5, 5.41) is 16.4. The number of phenolic OH excluding ortho intramolecular Hbond substituents is 1. The predicted octanol–water partition coefficient (Wildman–Crippen LogP) is 2.28. The van der Waals surface area contributed by atoms with Gasteiger partial charge in [-0.25, -0.2) is 0 Å². The first-order chi connectivity index (χ1) is 10.1. The second-order valence-electron chi connectivity index (χ2n) is 5.03. The molecule has 0 aliphatic rings. The van der Waals surface area contributed by atoms with Crippen LogP contribution in [0.15, 0.2) is 12.1 Å². The summed E-state index contributed by atoms with van der Waals surface area (Å²) in [6.07, 6.45) is 1.77. The molecule has 0 bridgehead atoms. The van der Waals surface area contributed by atoms with Crippen molar-refractivity contribution in [3.8, 4) is 11.5 Å². The van der Waals surface area contributed by atoms with Crippen LogP contribution < -0.4 is 15.4 Å². The van der Waals surface area contributed by atoms with E-state index in [0.29, 0.717) is 24.4 Å². The van der Waals surface area contributed by atoms with E-state index in [1.165, 1.54) is 7.11 Å². The van der Waals surface area contributed by atoms with Crippen molar-refractivity contribution >= 4 is 5.91 Å². The van der Waals surface area contributed by atoms with Gasteiger partial charge in [-0.1, -0.05) is 26.0 Å². The lowest BCUT2D eigenvalue weighted by Crippen LogP contribution is -2.38. The molecule has 5 nitrogen and oxygen atoms in total. The van der Waals surface area contributed by atoms with Crippen LogP contribution in [0.25, 0.3) is 0 Å². The van der Waals surface area contributed by atoms with E-state index in [-0.39, 0.29) is 11.7 Å². The van der Waals surface area contributed by atoms with Gasteiger partial charge in [-0.2, -0.15) is 0 Å². The van der Waals surface area contributed by atoms with Gasteiger partial charge in [0.2, 0.25) is 5.91 Å². The fourth-order valence-electron chi connectivity index (χ4n) is 2.16. The highest BCUT2D eigenvalue weighted by atomic mass is 16.5. The number of nitrogens with one attached hydrogen (secondary N) is 2. The Morgan fingerprint density at radius 2 is 1.95 bits per heavy atom. The summed E-state index contributed by atoms with van der Waals surface area (Å²) < 4.78 is 5.22. The van der Waals surface area contributed by atoms with E-state index in [1.807, 2.05) is 26.8 Å². The van der Waals surface area contributed by atoms with Crippen LogP contribution >= 0.6 is 0 Å². The summed E-state index contributed by atoms with van der Waals surface area (Å²) in [5.41, 5.74) is 1.38. The number of aryl methyl sites for hydroxylation is 1. The number of methoxy groups -OCH3 is 1. The first-order valence-electron chi connectivity index (χ1n) is 7.44. The molecular weight excluding hydrogens is 268 g/mol. The minimum atomic E-state index is -0.578. The minimum Gasteiger partial charge on any atom is -0.504 e. The molecule has 1 amide bonds. The standard InChI is InChI=1S/C16H26N2O3/c1-5-9-17-13(16(20)18-10-6-2)12-8-7-11(3)15(21-4)14(12)19/h7-8,13,17,19H,5-6,9-10H2,1-4H3,(H,18,20). The Balaban J connectivity index is 3.10. The van der Waals surface area contributed by atoms with Gasteiger partial charge in [0.25, 0.3) is 0 Å². The summed E-state index contributed by atoms with van der Waals surface area (Å²) in [6, 6.07) is 3.04. The summed E-state index contributed by atoms with van der Waals surface area (Å²) >= 11 is 0. The fourth-order valence-corrected chi connectivity index (χ4v) is 2.16. The molecule has 0 aromatic heterocycles. The van der Waals surface area contributed by atoms with Gasteiger partial charge < -0.3 is 20.5 Å². The first kappa shape index (κ1) is 17.3. The van der Waals surface area contributed by atoms with Gasteiger partial charge in [0.1, 0.15) is 6.04 Å². The number of phenols is 1. The smallest absolute Gasteiger partial charge is 0.241 e. The molecule has 21 heavy (non-hydrogen) atoms. The van der Waals surface area contributed by atoms with Crippen LogP contribution in [0, 0.1) is 6.92 Å². The van der Waals surface area contributed by atoms with Crippen LogP contribution in [0.2, 0.25) is 0 Å². The van der Waals surface area contributed by atoms with E-state index >= 15 is 0 Å². The molecule has 5 heteroatoms. The molecule has 0 spiro atoms. The molecular formula is C16H26N2O3. The van der Waals surface area contributed by atoms with Crippen molar-refractivity contribution in [1.29, 1.82) is 0 Å². The molecule has 1 unspecified atom stereocenters. The average Bonchev–Trinajstić information content (AvgIpc) is 2.47. The summed E-state index contributed by atoms with van der Waals surface area (Å²) in [4.78, 5) is 12.3. The predicted molar refractivity (Wildman–Crippen MR) is 83.7 cm³/mol. The van der Waals surface area contributed by atoms with E-state index in [9.17, 15) is 9.90 Å². The molecule has 0 aliphatic carbocycles. The number of aromatic hydroxyl groups is 1. The monoisotopic (exact) mass is 294 g/mol. The largest absolute Gasteiger partial charge is 0.504 e. The molecule has 118 valence electrons. The van der Waals surface area contributed by atoms with Crippen LogP contribution in [-0.4, -0.2) is 31.2 Å². The number of ether oxygens (including phenoxy) is 1. The molecule has 0 heterocycles. The lowest BCUT2D eigenvalue weighted by Gasteiger charge is -2.21. The number of carbonyl (C=O) groups is 1. The topological polar surface area (TPSA) is 70.6 Å². The SMILES string of the molecule is CCCNC(=O)C(NCCC)c1ccc(C)c(OC)c1O. The Labute approximate surface area is 126 Å². The maximum absolute atomic E-state index is 12.3. The summed E-state index contributed by atoms with van der Waals surface area (Å²) in [5.74, 6) is 0.309. The third kappa shape index (κ3) is 4.36. The third-order valence-corrected chi connectivity index (χ3v) is 3.28. The maximum atomic E-state index is 12.3.